The van der Waals surface area contributed by atoms with Gasteiger partial charge in [-0.05, 0) is 6.26 Å². The summed E-state index contributed by atoms with van der Waals surface area (Å²) in [7, 11) is 0. The zero-order valence-electron chi connectivity index (χ0n) is 11.6. The number of rotatable bonds is 1. The molecule has 0 aromatic carbocycles. The topological polar surface area (TPSA) is 83.1 Å². The molecule has 10 heteroatoms. The van der Waals surface area contributed by atoms with Crippen molar-refractivity contribution in [3.63, 3.8) is 0 Å². The van der Waals surface area contributed by atoms with Crippen molar-refractivity contribution in [1.82, 2.24) is 29.9 Å². The Morgan fingerprint density at radius 2 is 1.43 bits per heavy atom. The van der Waals surface area contributed by atoms with E-state index in [1.54, 1.807) is 24.8 Å². The summed E-state index contributed by atoms with van der Waals surface area (Å²) in [5.41, 5.74) is 3.26. The van der Waals surface area contributed by atoms with E-state index >= 15 is 0 Å². The van der Waals surface area contributed by atoms with Crippen LogP contribution in [0.25, 0.3) is 22.1 Å². The first-order valence-electron chi connectivity index (χ1n) is 6.27. The standard InChI is InChI=1S/C7H6ClN3S.C6H3Cl2N3/c1-12-7-6-4(9-3-10-6)2-5(8)11-7;7-4-1-3-5(6(8)11-4)10-2-9-3/h2-3H,1H3,(H,9,10);1-2H,(H,9,10). The quantitative estimate of drug-likeness (QED) is 0.368. The second kappa shape index (κ2) is 6.92. The van der Waals surface area contributed by atoms with Gasteiger partial charge in [0.2, 0.25) is 0 Å². The van der Waals surface area contributed by atoms with Crippen molar-refractivity contribution in [2.75, 3.05) is 6.26 Å². The predicted molar refractivity (Wildman–Crippen MR) is 94.6 cm³/mol. The number of hydrogen-bond donors (Lipinski definition) is 2. The lowest BCUT2D eigenvalue weighted by molar-refractivity contribution is 1.16. The molecule has 0 amide bonds. The molecule has 0 saturated carbocycles. The maximum Gasteiger partial charge on any atom is 0.158 e. The average Bonchev–Trinajstić information content (AvgIpc) is 3.15. The molecule has 0 saturated heterocycles. The van der Waals surface area contributed by atoms with Gasteiger partial charge in [-0.2, -0.15) is 0 Å². The van der Waals surface area contributed by atoms with Gasteiger partial charge in [-0.1, -0.05) is 34.8 Å². The fourth-order valence-corrected chi connectivity index (χ4v) is 3.17. The van der Waals surface area contributed by atoms with E-state index < -0.39 is 0 Å². The molecule has 0 aliphatic carbocycles. The van der Waals surface area contributed by atoms with E-state index in [0.717, 1.165) is 21.6 Å². The Kier molecular flexibility index (Phi) is 4.91. The number of aromatic amines is 2. The van der Waals surface area contributed by atoms with E-state index in [-0.39, 0.29) is 0 Å². The normalized spacial score (nSPS) is 10.8. The van der Waals surface area contributed by atoms with Crippen LogP contribution in [0, 0.1) is 0 Å². The Hall–Kier alpha value is -1.54. The molecule has 0 aliphatic rings. The Bertz CT molecular complexity index is 967. The predicted octanol–water partition coefficient (Wildman–Crippen LogP) is 4.60. The lowest BCUT2D eigenvalue weighted by Gasteiger charge is -1.96. The Labute approximate surface area is 150 Å². The third kappa shape index (κ3) is 3.53. The van der Waals surface area contributed by atoms with Gasteiger partial charge in [-0.3, -0.25) is 0 Å². The fourth-order valence-electron chi connectivity index (χ4n) is 1.91. The van der Waals surface area contributed by atoms with Gasteiger partial charge in [0.15, 0.2) is 5.15 Å². The van der Waals surface area contributed by atoms with Crippen molar-refractivity contribution in [3.05, 3.63) is 40.2 Å². The van der Waals surface area contributed by atoms with Crippen LogP contribution in [0.2, 0.25) is 15.5 Å². The molecule has 0 fully saturated rings. The highest BCUT2D eigenvalue weighted by Gasteiger charge is 2.05. The van der Waals surface area contributed by atoms with Crippen LogP contribution in [0.15, 0.2) is 29.8 Å². The van der Waals surface area contributed by atoms with Crippen molar-refractivity contribution in [2.45, 2.75) is 5.03 Å². The minimum atomic E-state index is 0.328. The third-order valence-corrected chi connectivity index (χ3v) is 4.19. The maximum atomic E-state index is 5.79. The number of H-pyrrole nitrogens is 2. The van der Waals surface area contributed by atoms with E-state index in [4.69, 9.17) is 34.8 Å². The number of halogens is 3. The molecule has 2 N–H and O–H groups in total. The van der Waals surface area contributed by atoms with Crippen LogP contribution >= 0.6 is 46.6 Å². The van der Waals surface area contributed by atoms with Gasteiger partial charge in [0, 0.05) is 12.1 Å². The number of pyridine rings is 2. The average molecular weight is 388 g/mol. The Morgan fingerprint density at radius 1 is 0.870 bits per heavy atom. The summed E-state index contributed by atoms with van der Waals surface area (Å²) in [6, 6.07) is 3.44. The molecule has 4 aromatic heterocycles. The molecule has 4 heterocycles. The Balaban J connectivity index is 0.000000136. The summed E-state index contributed by atoms with van der Waals surface area (Å²) in [6.45, 7) is 0. The van der Waals surface area contributed by atoms with Crippen LogP contribution in [0.3, 0.4) is 0 Å². The smallest absolute Gasteiger partial charge is 0.158 e. The van der Waals surface area contributed by atoms with Gasteiger partial charge in [0.25, 0.3) is 0 Å². The summed E-state index contributed by atoms with van der Waals surface area (Å²) in [5.74, 6) is 0. The number of nitrogens with zero attached hydrogens (tertiary/aromatic N) is 4. The van der Waals surface area contributed by atoms with Gasteiger partial charge in [-0.15, -0.1) is 11.8 Å². The molecule has 0 unspecified atom stereocenters. The van der Waals surface area contributed by atoms with Crippen LogP contribution < -0.4 is 0 Å². The summed E-state index contributed by atoms with van der Waals surface area (Å²) in [6.07, 6.45) is 5.14. The van der Waals surface area contributed by atoms with E-state index in [1.807, 2.05) is 6.26 Å². The first-order chi connectivity index (χ1) is 11.1. The van der Waals surface area contributed by atoms with Gasteiger partial charge in [0.1, 0.15) is 26.4 Å². The summed E-state index contributed by atoms with van der Waals surface area (Å²) < 4.78 is 0. The molecular weight excluding hydrogens is 379 g/mol. The Morgan fingerprint density at radius 3 is 2.09 bits per heavy atom. The summed E-state index contributed by atoms with van der Waals surface area (Å²) in [5, 5.41) is 2.05. The molecule has 23 heavy (non-hydrogen) atoms. The zero-order chi connectivity index (χ0) is 16.4. The lowest BCUT2D eigenvalue weighted by atomic mass is 10.4. The third-order valence-electron chi connectivity index (χ3n) is 2.87. The van der Waals surface area contributed by atoms with Gasteiger partial charge in [0.05, 0.1) is 23.7 Å². The highest BCUT2D eigenvalue weighted by atomic mass is 35.5. The van der Waals surface area contributed by atoms with Crippen molar-refractivity contribution in [3.8, 4) is 0 Å². The van der Waals surface area contributed by atoms with Crippen LogP contribution in [0.5, 0.6) is 0 Å². The molecular formula is C13H9Cl3N6S. The molecule has 4 aromatic rings. The van der Waals surface area contributed by atoms with Crippen molar-refractivity contribution in [2.24, 2.45) is 0 Å². The monoisotopic (exact) mass is 386 g/mol. The number of aromatic nitrogens is 6. The zero-order valence-corrected chi connectivity index (χ0v) is 14.7. The second-order valence-corrected chi connectivity index (χ2v) is 6.21. The highest BCUT2D eigenvalue weighted by Crippen LogP contribution is 2.24. The molecule has 0 radical (unpaired) electrons. The number of hydrogen-bond acceptors (Lipinski definition) is 5. The summed E-state index contributed by atoms with van der Waals surface area (Å²) in [4.78, 5) is 21.9. The van der Waals surface area contributed by atoms with Crippen LogP contribution in [0.1, 0.15) is 0 Å². The molecule has 0 bridgehead atoms. The molecule has 0 aliphatic heterocycles. The number of imidazole rings is 2. The minimum Gasteiger partial charge on any atom is -0.344 e. The van der Waals surface area contributed by atoms with Gasteiger partial charge >= 0.3 is 0 Å². The lowest BCUT2D eigenvalue weighted by Crippen LogP contribution is -1.82. The number of nitrogens with one attached hydrogen (secondary N) is 2. The van der Waals surface area contributed by atoms with Crippen molar-refractivity contribution in [1.29, 1.82) is 0 Å². The molecule has 0 spiro atoms. The second-order valence-electron chi connectivity index (χ2n) is 4.29. The highest BCUT2D eigenvalue weighted by molar-refractivity contribution is 7.98. The van der Waals surface area contributed by atoms with E-state index in [0.29, 0.717) is 21.0 Å². The number of fused-ring (bicyclic) bond motifs is 2. The van der Waals surface area contributed by atoms with Gasteiger partial charge in [-0.25, -0.2) is 19.9 Å². The van der Waals surface area contributed by atoms with Crippen LogP contribution in [0.4, 0.5) is 0 Å². The summed E-state index contributed by atoms with van der Waals surface area (Å²) >= 11 is 18.7. The van der Waals surface area contributed by atoms with Crippen LogP contribution in [-0.4, -0.2) is 36.2 Å². The van der Waals surface area contributed by atoms with E-state index in [1.165, 1.54) is 11.8 Å². The van der Waals surface area contributed by atoms with E-state index in [2.05, 4.69) is 29.9 Å². The van der Waals surface area contributed by atoms with Crippen molar-refractivity contribution < 1.29 is 0 Å². The first kappa shape index (κ1) is 16.3. The molecule has 0 atom stereocenters. The maximum absolute atomic E-state index is 5.79. The largest absolute Gasteiger partial charge is 0.344 e. The SMILES string of the molecule is CSc1nc(Cl)cc2[nH]cnc12.Clc1cc2[nH]cnc2c(Cl)n1. The van der Waals surface area contributed by atoms with E-state index in [9.17, 15) is 0 Å². The molecule has 118 valence electrons. The first-order valence-corrected chi connectivity index (χ1v) is 8.63. The number of thioether (sulfide) groups is 1. The van der Waals surface area contributed by atoms with Crippen molar-refractivity contribution >= 4 is 68.6 Å². The van der Waals surface area contributed by atoms with Crippen LogP contribution in [-0.2, 0) is 0 Å². The molecule has 6 nitrogen and oxygen atoms in total. The fraction of sp³-hybridized carbons (Fsp3) is 0.0769. The molecule has 4 rings (SSSR count). The minimum absolute atomic E-state index is 0.328. The van der Waals surface area contributed by atoms with Gasteiger partial charge < -0.3 is 9.97 Å².